The Labute approximate surface area is 102 Å². The van der Waals surface area contributed by atoms with Crippen molar-refractivity contribution in [2.45, 2.75) is 33.1 Å². The summed E-state index contributed by atoms with van der Waals surface area (Å²) in [5.74, 6) is 0.0100. The molecule has 0 bridgehead atoms. The zero-order chi connectivity index (χ0) is 13.1. The van der Waals surface area contributed by atoms with Crippen LogP contribution >= 0.6 is 0 Å². The van der Waals surface area contributed by atoms with Gasteiger partial charge in [-0.25, -0.2) is 0 Å². The molecule has 0 heterocycles. The average molecular weight is 245 g/mol. The Morgan fingerprint density at radius 3 is 2.59 bits per heavy atom. The predicted molar refractivity (Wildman–Crippen MR) is 66.0 cm³/mol. The standard InChI is InChI=1S/C11H23N3O3/c1-3-6-14(9-10(12)13-16)11(15)5-8-17-7-4-2/h16H,3-9H2,1-2H3,(H2,12,13). The molecule has 0 spiro atoms. The molecule has 0 atom stereocenters. The zero-order valence-electron chi connectivity index (χ0n) is 10.7. The highest BCUT2D eigenvalue weighted by molar-refractivity contribution is 5.86. The number of hydrogen-bond donors (Lipinski definition) is 2. The van der Waals surface area contributed by atoms with Crippen LogP contribution in [0, 0.1) is 0 Å². The second-order valence-corrected chi connectivity index (χ2v) is 3.77. The van der Waals surface area contributed by atoms with Crippen LogP contribution in [0.25, 0.3) is 0 Å². The van der Waals surface area contributed by atoms with E-state index >= 15 is 0 Å². The first-order valence-corrected chi connectivity index (χ1v) is 5.97. The molecule has 0 aliphatic rings. The van der Waals surface area contributed by atoms with Gasteiger partial charge in [0.25, 0.3) is 0 Å². The van der Waals surface area contributed by atoms with E-state index in [1.807, 2.05) is 13.8 Å². The number of carbonyl (C=O) groups is 1. The van der Waals surface area contributed by atoms with Gasteiger partial charge in [-0.05, 0) is 12.8 Å². The van der Waals surface area contributed by atoms with Crippen LogP contribution in [-0.2, 0) is 9.53 Å². The normalized spacial score (nSPS) is 11.5. The van der Waals surface area contributed by atoms with Crippen molar-refractivity contribution in [2.24, 2.45) is 10.9 Å². The van der Waals surface area contributed by atoms with Gasteiger partial charge in [-0.1, -0.05) is 19.0 Å². The predicted octanol–water partition coefficient (Wildman–Crippen LogP) is 0.788. The van der Waals surface area contributed by atoms with Gasteiger partial charge < -0.3 is 20.6 Å². The molecular weight excluding hydrogens is 222 g/mol. The lowest BCUT2D eigenvalue weighted by molar-refractivity contribution is -0.131. The highest BCUT2D eigenvalue weighted by atomic mass is 16.5. The molecule has 0 saturated carbocycles. The maximum atomic E-state index is 11.8. The summed E-state index contributed by atoms with van der Waals surface area (Å²) in [5.41, 5.74) is 5.39. The fraction of sp³-hybridized carbons (Fsp3) is 0.818. The molecule has 0 aromatic rings. The zero-order valence-corrected chi connectivity index (χ0v) is 10.7. The first-order valence-electron chi connectivity index (χ1n) is 5.97. The number of hydrogen-bond acceptors (Lipinski definition) is 4. The van der Waals surface area contributed by atoms with E-state index in [2.05, 4.69) is 5.16 Å². The largest absolute Gasteiger partial charge is 0.409 e. The Balaban J connectivity index is 4.05. The molecule has 0 aliphatic carbocycles. The summed E-state index contributed by atoms with van der Waals surface area (Å²) in [4.78, 5) is 13.4. The van der Waals surface area contributed by atoms with Crippen molar-refractivity contribution >= 4 is 11.7 Å². The smallest absolute Gasteiger partial charge is 0.225 e. The highest BCUT2D eigenvalue weighted by Gasteiger charge is 2.13. The topological polar surface area (TPSA) is 88.2 Å². The molecule has 0 radical (unpaired) electrons. The summed E-state index contributed by atoms with van der Waals surface area (Å²) >= 11 is 0. The minimum absolute atomic E-state index is 0.0328. The molecule has 3 N–H and O–H groups in total. The van der Waals surface area contributed by atoms with Gasteiger partial charge in [0.15, 0.2) is 5.84 Å². The van der Waals surface area contributed by atoms with Gasteiger partial charge in [0, 0.05) is 13.2 Å². The summed E-state index contributed by atoms with van der Waals surface area (Å²) in [7, 11) is 0. The van der Waals surface area contributed by atoms with E-state index in [0.29, 0.717) is 26.2 Å². The van der Waals surface area contributed by atoms with Crippen molar-refractivity contribution in [3.05, 3.63) is 0 Å². The number of amidine groups is 1. The van der Waals surface area contributed by atoms with E-state index < -0.39 is 0 Å². The van der Waals surface area contributed by atoms with Crippen LogP contribution in [-0.4, -0.2) is 48.2 Å². The lowest BCUT2D eigenvalue weighted by Crippen LogP contribution is -2.39. The maximum Gasteiger partial charge on any atom is 0.225 e. The van der Waals surface area contributed by atoms with Gasteiger partial charge in [0.2, 0.25) is 5.91 Å². The third kappa shape index (κ3) is 7.57. The van der Waals surface area contributed by atoms with E-state index in [1.165, 1.54) is 0 Å². The van der Waals surface area contributed by atoms with Crippen molar-refractivity contribution in [3.63, 3.8) is 0 Å². The summed E-state index contributed by atoms with van der Waals surface area (Å²) < 4.78 is 5.25. The molecule has 0 saturated heterocycles. The average Bonchev–Trinajstić information content (AvgIpc) is 2.33. The van der Waals surface area contributed by atoms with Crippen molar-refractivity contribution < 1.29 is 14.7 Å². The van der Waals surface area contributed by atoms with Crippen molar-refractivity contribution in [3.8, 4) is 0 Å². The number of carbonyl (C=O) groups excluding carboxylic acids is 1. The van der Waals surface area contributed by atoms with Gasteiger partial charge >= 0.3 is 0 Å². The van der Waals surface area contributed by atoms with Crippen molar-refractivity contribution in [1.29, 1.82) is 0 Å². The fourth-order valence-corrected chi connectivity index (χ4v) is 1.35. The lowest BCUT2D eigenvalue weighted by atomic mass is 10.3. The summed E-state index contributed by atoms with van der Waals surface area (Å²) in [6, 6.07) is 0. The third-order valence-electron chi connectivity index (χ3n) is 2.14. The van der Waals surface area contributed by atoms with Crippen LogP contribution < -0.4 is 5.73 Å². The molecular formula is C11H23N3O3. The Kier molecular flexibility index (Phi) is 9.14. The molecule has 6 nitrogen and oxygen atoms in total. The number of oxime groups is 1. The molecule has 0 aliphatic heterocycles. The number of nitrogens with zero attached hydrogens (tertiary/aromatic N) is 2. The van der Waals surface area contributed by atoms with Crippen LogP contribution in [0.2, 0.25) is 0 Å². The Morgan fingerprint density at radius 2 is 2.06 bits per heavy atom. The number of ether oxygens (including phenoxy) is 1. The summed E-state index contributed by atoms with van der Waals surface area (Å²) in [6.07, 6.45) is 2.11. The monoisotopic (exact) mass is 245 g/mol. The minimum atomic E-state index is -0.0328. The lowest BCUT2D eigenvalue weighted by Gasteiger charge is -2.21. The van der Waals surface area contributed by atoms with E-state index in [0.717, 1.165) is 12.8 Å². The van der Waals surface area contributed by atoms with E-state index in [9.17, 15) is 4.79 Å². The van der Waals surface area contributed by atoms with Gasteiger partial charge in [-0.2, -0.15) is 0 Å². The maximum absolute atomic E-state index is 11.8. The van der Waals surface area contributed by atoms with E-state index in [4.69, 9.17) is 15.7 Å². The van der Waals surface area contributed by atoms with Crippen molar-refractivity contribution in [2.75, 3.05) is 26.3 Å². The third-order valence-corrected chi connectivity index (χ3v) is 2.14. The van der Waals surface area contributed by atoms with Gasteiger partial charge in [0.1, 0.15) is 0 Å². The number of amides is 1. The molecule has 100 valence electrons. The SMILES string of the molecule is CCCOCCC(=O)N(CCC)CC(N)=NO. The Bertz CT molecular complexity index is 244. The minimum Gasteiger partial charge on any atom is -0.409 e. The molecule has 0 aromatic heterocycles. The quantitative estimate of drug-likeness (QED) is 0.207. The molecule has 0 unspecified atom stereocenters. The van der Waals surface area contributed by atoms with Gasteiger partial charge in [0.05, 0.1) is 19.6 Å². The van der Waals surface area contributed by atoms with Gasteiger partial charge in [-0.15, -0.1) is 0 Å². The van der Waals surface area contributed by atoms with Crippen LogP contribution in [0.3, 0.4) is 0 Å². The summed E-state index contributed by atoms with van der Waals surface area (Å²) in [5, 5.41) is 11.4. The Hall–Kier alpha value is -1.30. The highest BCUT2D eigenvalue weighted by Crippen LogP contribution is 1.98. The second kappa shape index (κ2) is 9.89. The molecule has 6 heteroatoms. The van der Waals surface area contributed by atoms with Crippen LogP contribution in [0.1, 0.15) is 33.1 Å². The number of rotatable bonds is 9. The molecule has 0 aromatic carbocycles. The van der Waals surface area contributed by atoms with Crippen LogP contribution in [0.5, 0.6) is 0 Å². The van der Waals surface area contributed by atoms with Crippen LogP contribution in [0.4, 0.5) is 0 Å². The fourth-order valence-electron chi connectivity index (χ4n) is 1.35. The van der Waals surface area contributed by atoms with Crippen LogP contribution in [0.15, 0.2) is 5.16 Å². The molecule has 1 amide bonds. The van der Waals surface area contributed by atoms with Gasteiger partial charge in [-0.3, -0.25) is 4.79 Å². The molecule has 17 heavy (non-hydrogen) atoms. The first-order chi connectivity index (χ1) is 8.15. The Morgan fingerprint density at radius 1 is 1.35 bits per heavy atom. The molecule has 0 fully saturated rings. The second-order valence-electron chi connectivity index (χ2n) is 3.77. The molecule has 0 rings (SSSR count). The van der Waals surface area contributed by atoms with E-state index in [1.54, 1.807) is 4.90 Å². The summed E-state index contributed by atoms with van der Waals surface area (Å²) in [6.45, 7) is 5.84. The first kappa shape index (κ1) is 15.7. The van der Waals surface area contributed by atoms with E-state index in [-0.39, 0.29) is 18.3 Å². The van der Waals surface area contributed by atoms with Crippen molar-refractivity contribution in [1.82, 2.24) is 4.90 Å². The number of nitrogens with two attached hydrogens (primary N) is 1.